The van der Waals surface area contributed by atoms with Gasteiger partial charge in [0, 0.05) is 46.5 Å². The summed E-state index contributed by atoms with van der Waals surface area (Å²) in [7, 11) is -2.83. The molecule has 0 unspecified atom stereocenters. The molecule has 0 radical (unpaired) electrons. The van der Waals surface area contributed by atoms with E-state index in [0.29, 0.717) is 11.5 Å². The second kappa shape index (κ2) is 17.6. The van der Waals surface area contributed by atoms with Crippen LogP contribution in [-0.4, -0.2) is 88.5 Å². The van der Waals surface area contributed by atoms with E-state index < -0.39 is 26.4 Å². The first kappa shape index (κ1) is 38.3. The van der Waals surface area contributed by atoms with Crippen LogP contribution in [-0.2, 0) is 21.2 Å². The summed E-state index contributed by atoms with van der Waals surface area (Å²) in [5.41, 5.74) is 2.31. The number of anilines is 1. The number of carbonyl (C=O) groups excluding carboxylic acids is 1. The van der Waals surface area contributed by atoms with Gasteiger partial charge in [0.15, 0.2) is 0 Å². The van der Waals surface area contributed by atoms with E-state index >= 15 is 0 Å². The fourth-order valence-corrected chi connectivity index (χ4v) is 8.82. The zero-order chi connectivity index (χ0) is 37.3. The van der Waals surface area contributed by atoms with Gasteiger partial charge in [0.05, 0.1) is 30.1 Å². The molecule has 2 fully saturated rings. The van der Waals surface area contributed by atoms with Crippen molar-refractivity contribution in [3.63, 3.8) is 0 Å². The van der Waals surface area contributed by atoms with Gasteiger partial charge in [-0.25, -0.2) is 13.1 Å². The SMILES string of the molecule is COc1cc(CCCN2CCOCC2)ccc1-c1ccc(C(=O)NS(=O)(=O)c2ccc(NC3(CSc4ccccc4)CCNCC3)c([N+](=O)[O-])c2)cc1. The average Bonchev–Trinajstić information content (AvgIpc) is 3.18. The van der Waals surface area contributed by atoms with Crippen LogP contribution in [0.4, 0.5) is 11.4 Å². The number of rotatable bonds is 15. The van der Waals surface area contributed by atoms with E-state index in [0.717, 1.165) is 99.3 Å². The van der Waals surface area contributed by atoms with Gasteiger partial charge in [-0.05, 0) is 98.9 Å². The Morgan fingerprint density at radius 2 is 1.74 bits per heavy atom. The molecule has 12 nitrogen and oxygen atoms in total. The van der Waals surface area contributed by atoms with Crippen LogP contribution < -0.4 is 20.1 Å². The number of hydrogen-bond donors (Lipinski definition) is 3. The van der Waals surface area contributed by atoms with Gasteiger partial charge >= 0.3 is 0 Å². The lowest BCUT2D eigenvalue weighted by Gasteiger charge is -2.39. The average molecular weight is 760 g/mol. The highest BCUT2D eigenvalue weighted by atomic mass is 32.2. The van der Waals surface area contributed by atoms with Crippen LogP contribution in [0.5, 0.6) is 5.75 Å². The summed E-state index contributed by atoms with van der Waals surface area (Å²) in [6.07, 6.45) is 3.40. The molecule has 2 aliphatic rings. The molecule has 0 aliphatic carbocycles. The van der Waals surface area contributed by atoms with Crippen molar-refractivity contribution >= 4 is 39.1 Å². The van der Waals surface area contributed by atoms with Crippen molar-refractivity contribution in [1.29, 1.82) is 0 Å². The van der Waals surface area contributed by atoms with Crippen LogP contribution in [0.3, 0.4) is 0 Å². The number of thioether (sulfide) groups is 1. The molecular formula is C39H45N5O7S2. The maximum Gasteiger partial charge on any atom is 0.293 e. The number of ether oxygens (including phenoxy) is 2. The molecule has 53 heavy (non-hydrogen) atoms. The van der Waals surface area contributed by atoms with Gasteiger partial charge in [0.25, 0.3) is 21.6 Å². The van der Waals surface area contributed by atoms with Gasteiger partial charge in [0.1, 0.15) is 11.4 Å². The largest absolute Gasteiger partial charge is 0.496 e. The molecule has 0 aromatic heterocycles. The van der Waals surface area contributed by atoms with E-state index in [1.165, 1.54) is 24.3 Å². The molecule has 280 valence electrons. The standard InChI is InChI=1S/C39H45N5O7S2/c1-50-37-26-29(6-5-21-43-22-24-51-25-23-43)9-15-34(37)30-10-12-31(13-11-30)38(45)42-53(48,49)33-14-16-35(36(27-33)44(46)47)41-39(17-19-40-20-18-39)28-52-32-7-3-2-4-8-32/h2-4,7-16,26-27,40-41H,5-6,17-25,28H2,1H3,(H,42,45). The van der Waals surface area contributed by atoms with Crippen molar-refractivity contribution in [1.82, 2.24) is 14.9 Å². The number of methoxy groups -OCH3 is 1. The maximum absolute atomic E-state index is 13.4. The summed E-state index contributed by atoms with van der Waals surface area (Å²) < 4.78 is 40.0. The topological polar surface area (TPSA) is 152 Å². The highest BCUT2D eigenvalue weighted by Crippen LogP contribution is 2.36. The molecule has 6 rings (SSSR count). The van der Waals surface area contributed by atoms with Crippen LogP contribution in [0, 0.1) is 10.1 Å². The minimum atomic E-state index is -4.44. The van der Waals surface area contributed by atoms with Gasteiger partial charge in [-0.15, -0.1) is 11.8 Å². The third-order valence-electron chi connectivity index (χ3n) is 9.69. The quantitative estimate of drug-likeness (QED) is 0.0746. The number of nitro benzene ring substituents is 1. The van der Waals surface area contributed by atoms with Crippen molar-refractivity contribution in [2.75, 3.05) is 64.1 Å². The molecule has 0 bridgehead atoms. The molecule has 2 saturated heterocycles. The lowest BCUT2D eigenvalue weighted by molar-refractivity contribution is -0.384. The fourth-order valence-electron chi connectivity index (χ4n) is 6.67. The number of nitrogens with zero attached hydrogens (tertiary/aromatic N) is 2. The maximum atomic E-state index is 13.4. The number of amides is 1. The van der Waals surface area contributed by atoms with Crippen molar-refractivity contribution in [2.24, 2.45) is 0 Å². The Bertz CT molecular complexity index is 1980. The molecule has 2 aliphatic heterocycles. The Morgan fingerprint density at radius 1 is 1.00 bits per heavy atom. The Labute approximate surface area is 314 Å². The minimum Gasteiger partial charge on any atom is -0.496 e. The molecule has 4 aromatic rings. The Morgan fingerprint density at radius 3 is 2.43 bits per heavy atom. The molecule has 0 spiro atoms. The summed E-state index contributed by atoms with van der Waals surface area (Å²) in [5.74, 6) is 0.517. The van der Waals surface area contributed by atoms with Crippen LogP contribution in [0.25, 0.3) is 11.1 Å². The number of nitro groups is 1. The Balaban J connectivity index is 1.12. The van der Waals surface area contributed by atoms with E-state index in [1.54, 1.807) is 31.0 Å². The predicted molar refractivity (Wildman–Crippen MR) is 207 cm³/mol. The minimum absolute atomic E-state index is 0.118. The zero-order valence-electron chi connectivity index (χ0n) is 29.7. The number of sulfonamides is 1. The van der Waals surface area contributed by atoms with Crippen LogP contribution in [0.1, 0.15) is 35.2 Å². The second-order valence-electron chi connectivity index (χ2n) is 13.3. The van der Waals surface area contributed by atoms with Gasteiger partial charge < -0.3 is 20.1 Å². The number of hydrogen-bond acceptors (Lipinski definition) is 11. The Hall–Kier alpha value is -4.47. The first-order chi connectivity index (χ1) is 25.6. The predicted octanol–water partition coefficient (Wildman–Crippen LogP) is 5.98. The summed E-state index contributed by atoms with van der Waals surface area (Å²) in [6, 6.07) is 26.2. The molecule has 0 saturated carbocycles. The van der Waals surface area contributed by atoms with Gasteiger partial charge in [-0.3, -0.25) is 19.8 Å². The third-order valence-corrected chi connectivity index (χ3v) is 12.3. The van der Waals surface area contributed by atoms with E-state index in [-0.39, 0.29) is 21.8 Å². The molecule has 1 amide bonds. The molecule has 0 atom stereocenters. The van der Waals surface area contributed by atoms with Crippen LogP contribution in [0.15, 0.2) is 101 Å². The van der Waals surface area contributed by atoms with E-state index in [1.807, 2.05) is 42.5 Å². The first-order valence-corrected chi connectivity index (χ1v) is 20.2. The lowest BCUT2D eigenvalue weighted by Crippen LogP contribution is -2.49. The fraction of sp³-hybridized carbons (Fsp3) is 0.359. The summed E-state index contributed by atoms with van der Waals surface area (Å²) >= 11 is 1.67. The number of morpholine rings is 1. The van der Waals surface area contributed by atoms with E-state index in [2.05, 4.69) is 26.3 Å². The van der Waals surface area contributed by atoms with Crippen molar-refractivity contribution < 1.29 is 27.6 Å². The second-order valence-corrected chi connectivity index (χ2v) is 16.0. The van der Waals surface area contributed by atoms with E-state index in [4.69, 9.17) is 9.47 Å². The summed E-state index contributed by atoms with van der Waals surface area (Å²) in [6.45, 7) is 5.99. The highest BCUT2D eigenvalue weighted by molar-refractivity contribution is 7.99. The number of piperidine rings is 1. The van der Waals surface area contributed by atoms with Crippen LogP contribution >= 0.6 is 11.8 Å². The number of nitrogens with one attached hydrogen (secondary N) is 3. The monoisotopic (exact) mass is 759 g/mol. The van der Waals surface area contributed by atoms with Gasteiger partial charge in [0.2, 0.25) is 0 Å². The van der Waals surface area contributed by atoms with Crippen molar-refractivity contribution in [3.8, 4) is 16.9 Å². The number of benzene rings is 4. The molecule has 14 heteroatoms. The van der Waals surface area contributed by atoms with Crippen molar-refractivity contribution in [2.45, 2.75) is 41.0 Å². The number of aryl methyl sites for hydroxylation is 1. The zero-order valence-corrected chi connectivity index (χ0v) is 31.3. The summed E-state index contributed by atoms with van der Waals surface area (Å²) in [4.78, 5) is 27.9. The first-order valence-electron chi connectivity index (χ1n) is 17.7. The molecule has 2 heterocycles. The molecule has 3 N–H and O–H groups in total. The summed E-state index contributed by atoms with van der Waals surface area (Å²) in [5, 5.41) is 19.0. The number of carbonyl (C=O) groups is 1. The smallest absolute Gasteiger partial charge is 0.293 e. The Kier molecular flexibility index (Phi) is 12.7. The van der Waals surface area contributed by atoms with Crippen LogP contribution in [0.2, 0.25) is 0 Å². The third kappa shape index (κ3) is 9.95. The normalized spacial score (nSPS) is 16.1. The molecule has 4 aromatic carbocycles. The highest BCUT2D eigenvalue weighted by Gasteiger charge is 2.35. The van der Waals surface area contributed by atoms with E-state index in [9.17, 15) is 23.3 Å². The lowest BCUT2D eigenvalue weighted by atomic mass is 9.90. The molecular weight excluding hydrogens is 715 g/mol. The van der Waals surface area contributed by atoms with Gasteiger partial charge in [-0.1, -0.05) is 42.5 Å². The van der Waals surface area contributed by atoms with Crippen molar-refractivity contribution in [3.05, 3.63) is 112 Å². The van der Waals surface area contributed by atoms with Gasteiger partial charge in [-0.2, -0.15) is 0 Å².